The molecule has 1 N–H and O–H groups in total. The SMILES string of the molecule is CCCCNC(=O)[C@@H](C)N(Cc1ccccc1F)C(=O)CCCN1C(=O)c2cccc3cccc1c23. The van der Waals surface area contributed by atoms with E-state index in [-0.39, 0.29) is 30.7 Å². The van der Waals surface area contributed by atoms with E-state index < -0.39 is 11.9 Å². The summed E-state index contributed by atoms with van der Waals surface area (Å²) in [5, 5.41) is 4.82. The second kappa shape index (κ2) is 11.3. The summed E-state index contributed by atoms with van der Waals surface area (Å²) in [6.45, 7) is 4.61. The van der Waals surface area contributed by atoms with Crippen LogP contribution in [0.1, 0.15) is 55.5 Å². The molecule has 0 saturated carbocycles. The number of hydrogen-bond donors (Lipinski definition) is 1. The molecule has 0 radical (unpaired) electrons. The highest BCUT2D eigenvalue weighted by atomic mass is 19.1. The van der Waals surface area contributed by atoms with Gasteiger partial charge in [0, 0.05) is 42.6 Å². The number of nitrogens with one attached hydrogen (secondary N) is 1. The summed E-state index contributed by atoms with van der Waals surface area (Å²) in [6.07, 6.45) is 2.35. The Hall–Kier alpha value is -3.74. The van der Waals surface area contributed by atoms with Gasteiger partial charge in [0.1, 0.15) is 11.9 Å². The van der Waals surface area contributed by atoms with E-state index in [9.17, 15) is 18.8 Å². The number of unbranched alkanes of at least 4 members (excludes halogenated alkanes) is 1. The van der Waals surface area contributed by atoms with Gasteiger partial charge in [-0.3, -0.25) is 14.4 Å². The number of halogens is 1. The van der Waals surface area contributed by atoms with Crippen LogP contribution in [-0.4, -0.2) is 41.8 Å². The Kier molecular flexibility index (Phi) is 7.98. The van der Waals surface area contributed by atoms with Crippen LogP contribution in [0.3, 0.4) is 0 Å². The first-order chi connectivity index (χ1) is 17.4. The normalized spacial score (nSPS) is 13.2. The Labute approximate surface area is 211 Å². The third-order valence-corrected chi connectivity index (χ3v) is 6.72. The van der Waals surface area contributed by atoms with Gasteiger partial charge < -0.3 is 15.1 Å². The topological polar surface area (TPSA) is 69.7 Å². The van der Waals surface area contributed by atoms with Gasteiger partial charge in [-0.25, -0.2) is 4.39 Å². The van der Waals surface area contributed by atoms with Gasteiger partial charge in [-0.15, -0.1) is 0 Å². The molecule has 0 aromatic heterocycles. The van der Waals surface area contributed by atoms with Crippen molar-refractivity contribution in [1.82, 2.24) is 10.2 Å². The second-order valence-corrected chi connectivity index (χ2v) is 9.17. The van der Waals surface area contributed by atoms with E-state index in [1.807, 2.05) is 43.3 Å². The van der Waals surface area contributed by atoms with Crippen molar-refractivity contribution in [3.05, 3.63) is 77.6 Å². The van der Waals surface area contributed by atoms with Crippen LogP contribution in [0.2, 0.25) is 0 Å². The molecule has 1 atom stereocenters. The molecular formula is C29H32FN3O3. The lowest BCUT2D eigenvalue weighted by Gasteiger charge is -2.29. The maximum atomic E-state index is 14.4. The molecule has 3 aromatic rings. The summed E-state index contributed by atoms with van der Waals surface area (Å²) in [6, 6.07) is 17.0. The lowest BCUT2D eigenvalue weighted by Crippen LogP contribution is -2.48. The van der Waals surface area contributed by atoms with Crippen molar-refractivity contribution in [2.75, 3.05) is 18.0 Å². The number of carbonyl (C=O) groups excluding carboxylic acids is 3. The molecule has 3 amide bonds. The minimum absolute atomic E-state index is 0.00125. The maximum Gasteiger partial charge on any atom is 0.258 e. The fourth-order valence-electron chi connectivity index (χ4n) is 4.66. The fourth-order valence-corrected chi connectivity index (χ4v) is 4.66. The molecule has 6 nitrogen and oxygen atoms in total. The van der Waals surface area contributed by atoms with Gasteiger partial charge in [-0.1, -0.05) is 55.8 Å². The Balaban J connectivity index is 1.45. The third kappa shape index (κ3) is 5.25. The fraction of sp³-hybridized carbons (Fsp3) is 0.345. The summed E-state index contributed by atoms with van der Waals surface area (Å²) in [7, 11) is 0. The average Bonchev–Trinajstić information content (AvgIpc) is 3.16. The van der Waals surface area contributed by atoms with E-state index in [2.05, 4.69) is 5.32 Å². The minimum atomic E-state index is -0.750. The third-order valence-electron chi connectivity index (χ3n) is 6.72. The molecule has 1 aliphatic rings. The highest BCUT2D eigenvalue weighted by Crippen LogP contribution is 2.37. The van der Waals surface area contributed by atoms with Crippen molar-refractivity contribution in [2.24, 2.45) is 0 Å². The largest absolute Gasteiger partial charge is 0.354 e. The second-order valence-electron chi connectivity index (χ2n) is 9.17. The standard InChI is InChI=1S/C29H32FN3O3/c1-3-4-17-31-28(35)20(2)33(19-22-10-5-6-14-24(22)30)26(34)16-9-18-32-25-15-8-12-21-11-7-13-23(27(21)25)29(32)36/h5-8,10-15,20H,3-4,9,16-19H2,1-2H3,(H,31,35)/t20-/m1/s1. The molecule has 7 heteroatoms. The highest BCUT2D eigenvalue weighted by Gasteiger charge is 2.30. The molecule has 0 unspecified atom stereocenters. The van der Waals surface area contributed by atoms with Crippen molar-refractivity contribution in [3.63, 3.8) is 0 Å². The van der Waals surface area contributed by atoms with Crippen LogP contribution in [0.5, 0.6) is 0 Å². The minimum Gasteiger partial charge on any atom is -0.354 e. The lowest BCUT2D eigenvalue weighted by atomic mass is 10.1. The molecular weight excluding hydrogens is 457 g/mol. The zero-order valence-corrected chi connectivity index (χ0v) is 20.8. The van der Waals surface area contributed by atoms with Crippen LogP contribution in [0.4, 0.5) is 10.1 Å². The molecule has 0 saturated heterocycles. The quantitative estimate of drug-likeness (QED) is 0.383. The Morgan fingerprint density at radius 1 is 1.03 bits per heavy atom. The van der Waals surface area contributed by atoms with Gasteiger partial charge in [0.2, 0.25) is 11.8 Å². The smallest absolute Gasteiger partial charge is 0.258 e. The summed E-state index contributed by atoms with van der Waals surface area (Å²) in [5.74, 6) is -0.993. The van der Waals surface area contributed by atoms with E-state index in [1.165, 1.54) is 11.0 Å². The molecule has 0 aliphatic carbocycles. The molecule has 0 spiro atoms. The van der Waals surface area contributed by atoms with E-state index in [0.29, 0.717) is 30.6 Å². The predicted molar refractivity (Wildman–Crippen MR) is 139 cm³/mol. The molecule has 1 aliphatic heterocycles. The summed E-state index contributed by atoms with van der Waals surface area (Å²) >= 11 is 0. The van der Waals surface area contributed by atoms with Gasteiger partial charge in [0.25, 0.3) is 5.91 Å². The van der Waals surface area contributed by atoms with E-state index in [1.54, 1.807) is 30.0 Å². The molecule has 0 fully saturated rings. The van der Waals surface area contributed by atoms with Gasteiger partial charge in [-0.2, -0.15) is 0 Å². The van der Waals surface area contributed by atoms with Gasteiger partial charge in [-0.05, 0) is 43.4 Å². The number of rotatable bonds is 11. The number of carbonyl (C=O) groups is 3. The number of amides is 3. The van der Waals surface area contributed by atoms with Crippen LogP contribution >= 0.6 is 0 Å². The first kappa shape index (κ1) is 25.4. The van der Waals surface area contributed by atoms with Crippen molar-refractivity contribution < 1.29 is 18.8 Å². The summed E-state index contributed by atoms with van der Waals surface area (Å²) < 4.78 is 14.4. The summed E-state index contributed by atoms with van der Waals surface area (Å²) in [5.41, 5.74) is 1.89. The monoisotopic (exact) mass is 489 g/mol. The van der Waals surface area contributed by atoms with Crippen LogP contribution in [0.25, 0.3) is 10.8 Å². The van der Waals surface area contributed by atoms with Gasteiger partial charge >= 0.3 is 0 Å². The molecule has 36 heavy (non-hydrogen) atoms. The van der Waals surface area contributed by atoms with Crippen LogP contribution in [0.15, 0.2) is 60.7 Å². The first-order valence-corrected chi connectivity index (χ1v) is 12.6. The van der Waals surface area contributed by atoms with E-state index >= 15 is 0 Å². The van der Waals surface area contributed by atoms with Crippen molar-refractivity contribution in [3.8, 4) is 0 Å². The molecule has 3 aromatic carbocycles. The van der Waals surface area contributed by atoms with Crippen molar-refractivity contribution in [1.29, 1.82) is 0 Å². The summed E-state index contributed by atoms with van der Waals surface area (Å²) in [4.78, 5) is 42.2. The zero-order valence-electron chi connectivity index (χ0n) is 20.8. The van der Waals surface area contributed by atoms with Crippen molar-refractivity contribution >= 4 is 34.2 Å². The van der Waals surface area contributed by atoms with E-state index in [0.717, 1.165) is 29.3 Å². The highest BCUT2D eigenvalue weighted by molar-refractivity contribution is 6.25. The first-order valence-electron chi connectivity index (χ1n) is 12.6. The van der Waals surface area contributed by atoms with Crippen LogP contribution in [-0.2, 0) is 16.1 Å². The Morgan fingerprint density at radius 2 is 1.78 bits per heavy atom. The number of hydrogen-bond acceptors (Lipinski definition) is 3. The van der Waals surface area contributed by atoms with Crippen LogP contribution in [0, 0.1) is 5.82 Å². The molecule has 0 bridgehead atoms. The van der Waals surface area contributed by atoms with Gasteiger partial charge in [0.05, 0.1) is 5.69 Å². The molecule has 4 rings (SSSR count). The van der Waals surface area contributed by atoms with E-state index in [4.69, 9.17) is 0 Å². The lowest BCUT2D eigenvalue weighted by molar-refractivity contribution is -0.140. The zero-order chi connectivity index (χ0) is 25.7. The average molecular weight is 490 g/mol. The number of nitrogens with zero attached hydrogens (tertiary/aromatic N) is 2. The molecule has 1 heterocycles. The van der Waals surface area contributed by atoms with Crippen LogP contribution < -0.4 is 10.2 Å². The number of anilines is 1. The molecule has 188 valence electrons. The van der Waals surface area contributed by atoms with Crippen molar-refractivity contribution in [2.45, 2.75) is 52.1 Å². The number of benzene rings is 3. The maximum absolute atomic E-state index is 14.4. The van der Waals surface area contributed by atoms with Gasteiger partial charge in [0.15, 0.2) is 0 Å². The predicted octanol–water partition coefficient (Wildman–Crippen LogP) is 5.05. The Bertz CT molecular complexity index is 1270. The Morgan fingerprint density at radius 3 is 2.53 bits per heavy atom.